The molecule has 3 nitrogen and oxygen atoms in total. The Bertz CT molecular complexity index is 709. The third kappa shape index (κ3) is 3.03. The summed E-state index contributed by atoms with van der Waals surface area (Å²) < 4.78 is 0. The van der Waals surface area contributed by atoms with Crippen molar-refractivity contribution in [3.63, 3.8) is 0 Å². The second-order valence-corrected chi connectivity index (χ2v) is 5.98. The third-order valence-corrected chi connectivity index (χ3v) is 4.63. The average Bonchev–Trinajstić information content (AvgIpc) is 2.78. The van der Waals surface area contributed by atoms with Crippen molar-refractivity contribution in [3.05, 3.63) is 81.9 Å². The molecule has 0 unspecified atom stereocenters. The van der Waals surface area contributed by atoms with E-state index >= 15 is 0 Å². The van der Waals surface area contributed by atoms with E-state index in [2.05, 4.69) is 0 Å². The fraction of sp³-hybridized carbons (Fsp3) is 0.111. The number of halogens is 2. The summed E-state index contributed by atoms with van der Waals surface area (Å²) in [5.41, 5.74) is 2.02. The van der Waals surface area contributed by atoms with Gasteiger partial charge in [0.1, 0.15) is 10.1 Å². The van der Waals surface area contributed by atoms with Crippen LogP contribution < -0.4 is 0 Å². The first kappa shape index (κ1) is 15.8. The number of nitrogens with zero attached hydrogens (tertiary/aromatic N) is 1. The maximum Gasteiger partial charge on any atom is 0.274 e. The smallest absolute Gasteiger partial charge is 0.272 e. The van der Waals surface area contributed by atoms with E-state index in [1.165, 1.54) is 0 Å². The molecule has 0 N–H and O–H groups in total. The van der Waals surface area contributed by atoms with Crippen molar-refractivity contribution in [2.24, 2.45) is 0 Å². The van der Waals surface area contributed by atoms with Crippen molar-refractivity contribution < 1.29 is 9.59 Å². The zero-order chi connectivity index (χ0) is 16.4. The van der Waals surface area contributed by atoms with Crippen molar-refractivity contribution in [2.45, 2.75) is 5.92 Å². The van der Waals surface area contributed by atoms with Crippen LogP contribution in [-0.4, -0.2) is 23.3 Å². The van der Waals surface area contributed by atoms with Crippen LogP contribution in [0.1, 0.15) is 17.0 Å². The Morgan fingerprint density at radius 3 is 1.52 bits per heavy atom. The summed E-state index contributed by atoms with van der Waals surface area (Å²) in [7, 11) is 0. The second-order valence-electron chi connectivity index (χ2n) is 5.22. The van der Waals surface area contributed by atoms with Gasteiger partial charge in [-0.3, -0.25) is 14.5 Å². The molecule has 0 spiro atoms. The highest BCUT2D eigenvalue weighted by atomic mass is 35.5. The van der Waals surface area contributed by atoms with E-state index < -0.39 is 11.8 Å². The average molecular weight is 346 g/mol. The van der Waals surface area contributed by atoms with E-state index in [0.717, 1.165) is 16.0 Å². The van der Waals surface area contributed by atoms with E-state index in [1.807, 2.05) is 60.7 Å². The number of rotatable bonds is 4. The normalized spacial score (nSPS) is 15.0. The SMILES string of the molecule is O=C1C(Cl)=C(Cl)C(=O)N1CC(c1ccccc1)c1ccccc1. The molecule has 3 rings (SSSR count). The van der Waals surface area contributed by atoms with Gasteiger partial charge in [-0.05, 0) is 11.1 Å². The number of hydrogen-bond donors (Lipinski definition) is 0. The molecular weight excluding hydrogens is 333 g/mol. The van der Waals surface area contributed by atoms with E-state index in [0.29, 0.717) is 0 Å². The summed E-state index contributed by atoms with van der Waals surface area (Å²) in [6.07, 6.45) is 0. The van der Waals surface area contributed by atoms with Gasteiger partial charge < -0.3 is 0 Å². The first-order valence-electron chi connectivity index (χ1n) is 7.11. The maximum absolute atomic E-state index is 12.2. The highest BCUT2D eigenvalue weighted by Gasteiger charge is 2.38. The van der Waals surface area contributed by atoms with E-state index in [1.54, 1.807) is 0 Å². The van der Waals surface area contributed by atoms with Crippen molar-refractivity contribution >= 4 is 35.0 Å². The summed E-state index contributed by atoms with van der Waals surface area (Å²) in [5, 5.41) is -0.423. The molecule has 0 saturated carbocycles. The van der Waals surface area contributed by atoms with Gasteiger partial charge in [-0.15, -0.1) is 0 Å². The van der Waals surface area contributed by atoms with Gasteiger partial charge in [-0.2, -0.15) is 0 Å². The fourth-order valence-corrected chi connectivity index (χ4v) is 3.01. The molecule has 116 valence electrons. The van der Waals surface area contributed by atoms with Crippen molar-refractivity contribution in [2.75, 3.05) is 6.54 Å². The number of benzene rings is 2. The van der Waals surface area contributed by atoms with Gasteiger partial charge in [0, 0.05) is 12.5 Å². The van der Waals surface area contributed by atoms with E-state index in [-0.39, 0.29) is 22.5 Å². The van der Waals surface area contributed by atoms with Crippen LogP contribution in [0.15, 0.2) is 70.7 Å². The van der Waals surface area contributed by atoms with Crippen molar-refractivity contribution in [3.8, 4) is 0 Å². The lowest BCUT2D eigenvalue weighted by Crippen LogP contribution is -2.35. The molecule has 0 fully saturated rings. The molecule has 1 aliphatic rings. The van der Waals surface area contributed by atoms with Crippen LogP contribution in [0.4, 0.5) is 0 Å². The van der Waals surface area contributed by atoms with Crippen molar-refractivity contribution in [1.29, 1.82) is 0 Å². The molecule has 0 bridgehead atoms. The number of amides is 2. The Hall–Kier alpha value is -2.10. The van der Waals surface area contributed by atoms with Crippen LogP contribution in [0, 0.1) is 0 Å². The van der Waals surface area contributed by atoms with Gasteiger partial charge in [-0.25, -0.2) is 0 Å². The summed E-state index contributed by atoms with van der Waals surface area (Å²) >= 11 is 11.6. The fourth-order valence-electron chi connectivity index (χ4n) is 2.64. The van der Waals surface area contributed by atoms with Crippen LogP contribution in [-0.2, 0) is 9.59 Å². The highest BCUT2D eigenvalue weighted by molar-refractivity contribution is 6.58. The molecule has 23 heavy (non-hydrogen) atoms. The predicted molar refractivity (Wildman–Crippen MR) is 90.2 cm³/mol. The monoisotopic (exact) mass is 345 g/mol. The molecule has 0 aromatic heterocycles. The lowest BCUT2D eigenvalue weighted by atomic mass is 9.91. The minimum Gasteiger partial charge on any atom is -0.272 e. The first-order chi connectivity index (χ1) is 11.1. The minimum atomic E-state index is -0.543. The molecular formula is C18H13Cl2NO2. The van der Waals surface area contributed by atoms with E-state index in [9.17, 15) is 9.59 Å². The van der Waals surface area contributed by atoms with Gasteiger partial charge in [0.05, 0.1) is 0 Å². The van der Waals surface area contributed by atoms with Gasteiger partial charge in [0.15, 0.2) is 0 Å². The molecule has 1 heterocycles. The Morgan fingerprint density at radius 2 is 1.13 bits per heavy atom. The zero-order valence-electron chi connectivity index (χ0n) is 12.1. The van der Waals surface area contributed by atoms with Gasteiger partial charge >= 0.3 is 0 Å². The summed E-state index contributed by atoms with van der Waals surface area (Å²) in [6, 6.07) is 19.4. The summed E-state index contributed by atoms with van der Waals surface area (Å²) in [5.74, 6) is -1.23. The predicted octanol–water partition coefficient (Wildman–Crippen LogP) is 3.88. The zero-order valence-corrected chi connectivity index (χ0v) is 13.6. The molecule has 2 amide bonds. The topological polar surface area (TPSA) is 37.4 Å². The second kappa shape index (κ2) is 6.57. The molecule has 2 aromatic carbocycles. The Morgan fingerprint density at radius 1 is 0.739 bits per heavy atom. The highest BCUT2D eigenvalue weighted by Crippen LogP contribution is 2.31. The van der Waals surface area contributed by atoms with Gasteiger partial charge in [0.2, 0.25) is 0 Å². The Balaban J connectivity index is 1.95. The molecule has 1 aliphatic heterocycles. The van der Waals surface area contributed by atoms with Crippen LogP contribution in [0.2, 0.25) is 0 Å². The standard InChI is InChI=1S/C18H13Cl2NO2/c19-15-16(20)18(23)21(17(15)22)11-14(12-7-3-1-4-8-12)13-9-5-2-6-10-13/h1-10,14H,11H2. The molecule has 0 saturated heterocycles. The number of carbonyl (C=O) groups excluding carboxylic acids is 2. The van der Waals surface area contributed by atoms with Gasteiger partial charge in [-0.1, -0.05) is 83.9 Å². The largest absolute Gasteiger partial charge is 0.274 e. The minimum absolute atomic E-state index is 0.141. The van der Waals surface area contributed by atoms with Gasteiger partial charge in [0.25, 0.3) is 11.8 Å². The van der Waals surface area contributed by atoms with E-state index in [4.69, 9.17) is 23.2 Å². The number of carbonyl (C=O) groups is 2. The van der Waals surface area contributed by atoms with Crippen molar-refractivity contribution in [1.82, 2.24) is 4.90 Å². The lowest BCUT2D eigenvalue weighted by Gasteiger charge is -2.23. The number of hydrogen-bond acceptors (Lipinski definition) is 2. The first-order valence-corrected chi connectivity index (χ1v) is 7.86. The molecule has 5 heteroatoms. The van der Waals surface area contributed by atoms with Crippen LogP contribution >= 0.6 is 23.2 Å². The van der Waals surface area contributed by atoms with Crippen LogP contribution in [0.3, 0.4) is 0 Å². The Kier molecular flexibility index (Phi) is 4.51. The molecule has 0 aliphatic carbocycles. The third-order valence-electron chi connectivity index (χ3n) is 3.83. The summed E-state index contributed by atoms with van der Waals surface area (Å²) in [4.78, 5) is 25.4. The Labute approximate surface area is 144 Å². The molecule has 0 atom stereocenters. The lowest BCUT2D eigenvalue weighted by molar-refractivity contribution is -0.137. The molecule has 2 aromatic rings. The molecule has 0 radical (unpaired) electrons. The maximum atomic E-state index is 12.2. The summed E-state index contributed by atoms with van der Waals surface area (Å²) in [6.45, 7) is 0.193. The quantitative estimate of drug-likeness (QED) is 0.788. The number of imide groups is 1. The van der Waals surface area contributed by atoms with Crippen LogP contribution in [0.5, 0.6) is 0 Å². The van der Waals surface area contributed by atoms with Crippen LogP contribution in [0.25, 0.3) is 0 Å².